The van der Waals surface area contributed by atoms with E-state index in [1.807, 2.05) is 12.1 Å². The molecule has 2 N–H and O–H groups in total. The molecule has 0 bridgehead atoms. The van der Waals surface area contributed by atoms with Gasteiger partial charge in [0, 0.05) is 28.3 Å². The zero-order chi connectivity index (χ0) is 21.1. The van der Waals surface area contributed by atoms with Gasteiger partial charge in [0.2, 0.25) is 0 Å². The van der Waals surface area contributed by atoms with Gasteiger partial charge in [-0.3, -0.25) is 9.69 Å². The van der Waals surface area contributed by atoms with Crippen LogP contribution in [0.1, 0.15) is 24.3 Å². The highest BCUT2D eigenvalue weighted by atomic mass is 79.9. The number of methoxy groups -OCH3 is 1. The van der Waals surface area contributed by atoms with Gasteiger partial charge in [0.1, 0.15) is 11.5 Å². The van der Waals surface area contributed by atoms with Gasteiger partial charge in [-0.1, -0.05) is 27.2 Å². The van der Waals surface area contributed by atoms with Crippen molar-refractivity contribution >= 4 is 33.7 Å². The van der Waals surface area contributed by atoms with Gasteiger partial charge >= 0.3 is 6.03 Å². The Kier molecular flexibility index (Phi) is 6.07. The van der Waals surface area contributed by atoms with E-state index in [2.05, 4.69) is 38.3 Å². The second-order valence-corrected chi connectivity index (χ2v) is 7.36. The van der Waals surface area contributed by atoms with Crippen molar-refractivity contribution in [3.8, 4) is 5.75 Å². The van der Waals surface area contributed by atoms with E-state index >= 15 is 0 Å². The molecule has 2 aromatic rings. The summed E-state index contributed by atoms with van der Waals surface area (Å²) in [6, 6.07) is 5.98. The van der Waals surface area contributed by atoms with E-state index in [1.165, 1.54) is 12.0 Å². The molecular formula is C20H21BrN4O4. The predicted molar refractivity (Wildman–Crippen MR) is 111 cm³/mol. The molecule has 0 saturated heterocycles. The Morgan fingerprint density at radius 3 is 2.83 bits per heavy atom. The number of halogens is 1. The van der Waals surface area contributed by atoms with Crippen molar-refractivity contribution in [1.29, 1.82) is 0 Å². The maximum atomic E-state index is 13.2. The van der Waals surface area contributed by atoms with Crippen molar-refractivity contribution in [1.82, 2.24) is 15.4 Å². The summed E-state index contributed by atoms with van der Waals surface area (Å²) >= 11 is 3.44. The van der Waals surface area contributed by atoms with Gasteiger partial charge in [-0.15, -0.1) is 6.58 Å². The quantitative estimate of drug-likeness (QED) is 0.636. The molecule has 0 radical (unpaired) electrons. The average Bonchev–Trinajstić information content (AvgIpc) is 3.09. The van der Waals surface area contributed by atoms with Crippen molar-refractivity contribution in [2.24, 2.45) is 0 Å². The number of carbonyl (C=O) groups excluding carboxylic acids is 2. The largest absolute Gasteiger partial charge is 0.496 e. The molecule has 1 aliphatic heterocycles. The molecule has 0 saturated carbocycles. The van der Waals surface area contributed by atoms with E-state index in [0.717, 1.165) is 4.47 Å². The standard InChI is InChI=1S/C20H21BrN4O4/c1-5-8-25-12(3)17(19(26)22-16-9-11(2)29-24-16)18(23-20(25)27)14-10-13(21)6-7-15(14)28-4/h5-7,9-10,18H,1,8H2,2-4H3,(H,23,27)(H,22,24,26). The molecule has 9 heteroatoms. The third kappa shape index (κ3) is 4.19. The van der Waals surface area contributed by atoms with Crippen molar-refractivity contribution in [2.45, 2.75) is 19.9 Å². The Hall–Kier alpha value is -3.07. The van der Waals surface area contributed by atoms with Crippen LogP contribution in [0.2, 0.25) is 0 Å². The lowest BCUT2D eigenvalue weighted by Gasteiger charge is -2.35. The van der Waals surface area contributed by atoms with Crippen LogP contribution < -0.4 is 15.4 Å². The van der Waals surface area contributed by atoms with E-state index < -0.39 is 11.9 Å². The first kappa shape index (κ1) is 20.7. The third-order valence-electron chi connectivity index (χ3n) is 4.52. The van der Waals surface area contributed by atoms with Gasteiger partial charge in [0.05, 0.1) is 18.7 Å². The Balaban J connectivity index is 2.10. The Morgan fingerprint density at radius 1 is 1.45 bits per heavy atom. The van der Waals surface area contributed by atoms with Crippen LogP contribution in [0.25, 0.3) is 0 Å². The first-order valence-electron chi connectivity index (χ1n) is 8.83. The highest BCUT2D eigenvalue weighted by molar-refractivity contribution is 9.10. The van der Waals surface area contributed by atoms with Crippen LogP contribution in [-0.4, -0.2) is 35.6 Å². The Labute approximate surface area is 176 Å². The first-order valence-corrected chi connectivity index (χ1v) is 9.62. The minimum absolute atomic E-state index is 0.264. The third-order valence-corrected chi connectivity index (χ3v) is 5.02. The average molecular weight is 461 g/mol. The highest BCUT2D eigenvalue weighted by Crippen LogP contribution is 2.37. The van der Waals surface area contributed by atoms with Crippen LogP contribution in [0.15, 0.2) is 57.2 Å². The minimum Gasteiger partial charge on any atom is -0.496 e. The molecule has 0 fully saturated rings. The molecule has 1 aromatic carbocycles. The van der Waals surface area contributed by atoms with E-state index in [4.69, 9.17) is 9.26 Å². The van der Waals surface area contributed by atoms with Crippen molar-refractivity contribution in [3.63, 3.8) is 0 Å². The number of urea groups is 1. The minimum atomic E-state index is -0.719. The number of hydrogen-bond donors (Lipinski definition) is 2. The number of nitrogens with zero attached hydrogens (tertiary/aromatic N) is 2. The molecule has 3 amide bonds. The van der Waals surface area contributed by atoms with Crippen molar-refractivity contribution in [3.05, 3.63) is 64.0 Å². The molecule has 152 valence electrons. The molecule has 1 aromatic heterocycles. The number of benzene rings is 1. The fourth-order valence-corrected chi connectivity index (χ4v) is 3.58. The smallest absolute Gasteiger partial charge is 0.322 e. The van der Waals surface area contributed by atoms with Crippen LogP contribution in [0.4, 0.5) is 10.6 Å². The molecule has 0 aliphatic carbocycles. The monoisotopic (exact) mass is 460 g/mol. The maximum Gasteiger partial charge on any atom is 0.322 e. The topological polar surface area (TPSA) is 96.7 Å². The van der Waals surface area contributed by atoms with Crippen molar-refractivity contribution < 1.29 is 18.8 Å². The number of hydrogen-bond acceptors (Lipinski definition) is 5. The zero-order valence-corrected chi connectivity index (χ0v) is 17.9. The number of allylic oxidation sites excluding steroid dienone is 1. The molecule has 2 heterocycles. The SMILES string of the molecule is C=CCN1C(=O)NC(c2cc(Br)ccc2OC)C(C(=O)Nc2cc(C)on2)=C1C. The summed E-state index contributed by atoms with van der Waals surface area (Å²) in [7, 11) is 1.54. The molecule has 8 nitrogen and oxygen atoms in total. The van der Waals surface area contributed by atoms with E-state index in [1.54, 1.807) is 32.1 Å². The van der Waals surface area contributed by atoms with Crippen LogP contribution >= 0.6 is 15.9 Å². The van der Waals surface area contributed by atoms with Crippen molar-refractivity contribution in [2.75, 3.05) is 19.0 Å². The second kappa shape index (κ2) is 8.52. The van der Waals surface area contributed by atoms with E-state index in [9.17, 15) is 9.59 Å². The molecule has 3 rings (SSSR count). The normalized spacial score (nSPS) is 16.5. The lowest BCUT2D eigenvalue weighted by Crippen LogP contribution is -2.48. The predicted octanol–water partition coefficient (Wildman–Crippen LogP) is 3.92. The summed E-state index contributed by atoms with van der Waals surface area (Å²) in [5.41, 5.74) is 1.52. The van der Waals surface area contributed by atoms with Crippen LogP contribution in [0, 0.1) is 6.92 Å². The second-order valence-electron chi connectivity index (χ2n) is 6.44. The highest BCUT2D eigenvalue weighted by Gasteiger charge is 2.37. The van der Waals surface area contributed by atoms with Gasteiger partial charge in [-0.2, -0.15) is 0 Å². The molecule has 0 spiro atoms. The Bertz CT molecular complexity index is 998. The number of aryl methyl sites for hydroxylation is 1. The van der Waals surface area contributed by atoms with Gasteiger partial charge in [-0.25, -0.2) is 4.79 Å². The van der Waals surface area contributed by atoms with E-state index in [0.29, 0.717) is 34.2 Å². The summed E-state index contributed by atoms with van der Waals surface area (Å²) in [5, 5.41) is 9.44. The number of ether oxygens (including phenoxy) is 1. The zero-order valence-electron chi connectivity index (χ0n) is 16.3. The van der Waals surface area contributed by atoms with Gasteiger partial charge < -0.3 is 19.9 Å². The molecular weight excluding hydrogens is 440 g/mol. The number of aromatic nitrogens is 1. The van der Waals surface area contributed by atoms with Crippen LogP contribution in [-0.2, 0) is 4.79 Å². The summed E-state index contributed by atoms with van der Waals surface area (Å²) in [6.07, 6.45) is 1.60. The summed E-state index contributed by atoms with van der Waals surface area (Å²) in [6.45, 7) is 7.41. The molecule has 29 heavy (non-hydrogen) atoms. The number of amides is 3. The fourth-order valence-electron chi connectivity index (χ4n) is 3.20. The lowest BCUT2D eigenvalue weighted by atomic mass is 9.93. The summed E-state index contributed by atoms with van der Waals surface area (Å²) in [4.78, 5) is 27.4. The van der Waals surface area contributed by atoms with Gasteiger partial charge in [0.25, 0.3) is 5.91 Å². The lowest BCUT2D eigenvalue weighted by molar-refractivity contribution is -0.113. The molecule has 1 aliphatic rings. The van der Waals surface area contributed by atoms with Gasteiger partial charge in [0.15, 0.2) is 5.82 Å². The van der Waals surface area contributed by atoms with E-state index in [-0.39, 0.29) is 12.6 Å². The number of anilines is 1. The number of nitrogens with one attached hydrogen (secondary N) is 2. The van der Waals surface area contributed by atoms with Gasteiger partial charge in [-0.05, 0) is 32.0 Å². The maximum absolute atomic E-state index is 13.2. The molecule has 1 unspecified atom stereocenters. The van der Waals surface area contributed by atoms with Crippen LogP contribution in [0.3, 0.4) is 0 Å². The van der Waals surface area contributed by atoms with Crippen LogP contribution in [0.5, 0.6) is 5.75 Å². The Morgan fingerprint density at radius 2 is 2.21 bits per heavy atom. The summed E-state index contributed by atoms with van der Waals surface area (Å²) in [5.74, 6) is 1.00. The first-order chi connectivity index (χ1) is 13.8. The number of carbonyl (C=O) groups is 2. The fraction of sp³-hybridized carbons (Fsp3) is 0.250. The summed E-state index contributed by atoms with van der Waals surface area (Å²) < 4.78 is 11.3. The number of rotatable bonds is 6. The molecule has 1 atom stereocenters.